The number of aromatic nitrogens is 2. The highest BCUT2D eigenvalue weighted by Crippen LogP contribution is 1.95. The predicted octanol–water partition coefficient (Wildman–Crippen LogP) is 1.45. The van der Waals surface area contributed by atoms with Crippen molar-refractivity contribution in [3.8, 4) is 0 Å². The van der Waals surface area contributed by atoms with E-state index in [0.717, 1.165) is 12.1 Å². The number of halogens is 1. The van der Waals surface area contributed by atoms with Crippen LogP contribution in [0, 0.1) is 0 Å². The zero-order chi connectivity index (χ0) is 5.98. The van der Waals surface area contributed by atoms with Gasteiger partial charge in [-0.2, -0.15) is 9.30 Å². The molecule has 0 unspecified atom stereocenters. The van der Waals surface area contributed by atoms with Crippen LogP contribution in [0.2, 0.25) is 0 Å². The van der Waals surface area contributed by atoms with Gasteiger partial charge in [-0.15, -0.1) is 0 Å². The van der Waals surface area contributed by atoms with E-state index in [9.17, 15) is 0 Å². The number of hydrogen-bond donors (Lipinski definition) is 0. The van der Waals surface area contributed by atoms with Crippen molar-refractivity contribution in [1.82, 2.24) is 9.30 Å². The van der Waals surface area contributed by atoms with Crippen molar-refractivity contribution in [2.45, 2.75) is 13.3 Å². The summed E-state index contributed by atoms with van der Waals surface area (Å²) >= 11 is 5.44. The molecule has 1 aromatic rings. The van der Waals surface area contributed by atoms with Gasteiger partial charge in [0.25, 0.3) is 0 Å². The highest BCUT2D eigenvalue weighted by molar-refractivity contribution is 6.14. The van der Waals surface area contributed by atoms with E-state index in [0.29, 0.717) is 0 Å². The van der Waals surface area contributed by atoms with E-state index in [1.807, 2.05) is 13.0 Å². The third kappa shape index (κ3) is 1.01. The van der Waals surface area contributed by atoms with Crippen LogP contribution in [0.15, 0.2) is 12.3 Å². The van der Waals surface area contributed by atoms with Crippen LogP contribution in [0.25, 0.3) is 0 Å². The number of hydrogen-bond acceptors (Lipinski definition) is 1. The van der Waals surface area contributed by atoms with Gasteiger partial charge in [-0.1, -0.05) is 6.92 Å². The summed E-state index contributed by atoms with van der Waals surface area (Å²) < 4.78 is 1.29. The SMILES string of the molecule is CCc1ccn(Cl)n1. The molecule has 0 aromatic carbocycles. The summed E-state index contributed by atoms with van der Waals surface area (Å²) in [6.45, 7) is 2.04. The van der Waals surface area contributed by atoms with Crippen molar-refractivity contribution in [2.75, 3.05) is 0 Å². The molecule has 0 aliphatic rings. The molecule has 2 nitrogen and oxygen atoms in total. The van der Waals surface area contributed by atoms with Crippen LogP contribution in [-0.4, -0.2) is 9.30 Å². The Morgan fingerprint density at radius 3 is 2.88 bits per heavy atom. The monoisotopic (exact) mass is 130 g/mol. The molecule has 0 fully saturated rings. The minimum absolute atomic E-state index is 0.944. The molecule has 3 heteroatoms. The highest BCUT2D eigenvalue weighted by Gasteiger charge is 1.89. The summed E-state index contributed by atoms with van der Waals surface area (Å²) in [5.41, 5.74) is 1.03. The quantitative estimate of drug-likeness (QED) is 0.563. The van der Waals surface area contributed by atoms with Crippen LogP contribution in [-0.2, 0) is 6.42 Å². The molecular formula is C5H7ClN2. The zero-order valence-electron chi connectivity index (χ0n) is 4.63. The van der Waals surface area contributed by atoms with Crippen LogP contribution in [0.1, 0.15) is 12.6 Å². The fraction of sp³-hybridized carbons (Fsp3) is 0.400. The Labute approximate surface area is 53.2 Å². The van der Waals surface area contributed by atoms with Crippen LogP contribution in [0.3, 0.4) is 0 Å². The average molecular weight is 131 g/mol. The maximum Gasteiger partial charge on any atom is 0.0636 e. The van der Waals surface area contributed by atoms with Crippen LogP contribution in [0.5, 0.6) is 0 Å². The fourth-order valence-electron chi connectivity index (χ4n) is 0.525. The van der Waals surface area contributed by atoms with Crippen LogP contribution in [0.4, 0.5) is 0 Å². The average Bonchev–Trinajstić information content (AvgIpc) is 2.14. The molecule has 44 valence electrons. The largest absolute Gasteiger partial charge is 0.180 e. The van der Waals surface area contributed by atoms with E-state index in [1.165, 1.54) is 4.20 Å². The van der Waals surface area contributed by atoms with E-state index >= 15 is 0 Å². The molecule has 0 aliphatic carbocycles. The molecule has 8 heavy (non-hydrogen) atoms. The first-order valence-electron chi connectivity index (χ1n) is 2.53. The Hall–Kier alpha value is -0.500. The molecule has 0 atom stereocenters. The Kier molecular flexibility index (Phi) is 1.53. The van der Waals surface area contributed by atoms with Gasteiger partial charge in [0, 0.05) is 18.0 Å². The Morgan fingerprint density at radius 1 is 1.88 bits per heavy atom. The molecule has 0 saturated carbocycles. The summed E-state index contributed by atoms with van der Waals surface area (Å²) in [5.74, 6) is 0. The first kappa shape index (κ1) is 5.63. The lowest BCUT2D eigenvalue weighted by Crippen LogP contribution is -1.82. The minimum atomic E-state index is 0.944. The fourth-order valence-corrected chi connectivity index (χ4v) is 0.679. The predicted molar refractivity (Wildman–Crippen MR) is 32.9 cm³/mol. The molecule has 0 spiro atoms. The second kappa shape index (κ2) is 2.18. The van der Waals surface area contributed by atoms with Gasteiger partial charge in [0.15, 0.2) is 0 Å². The van der Waals surface area contributed by atoms with Gasteiger partial charge in [-0.05, 0) is 12.5 Å². The topological polar surface area (TPSA) is 17.8 Å². The lowest BCUT2D eigenvalue weighted by Gasteiger charge is -1.80. The summed E-state index contributed by atoms with van der Waals surface area (Å²) in [7, 11) is 0. The van der Waals surface area contributed by atoms with E-state index in [-0.39, 0.29) is 0 Å². The van der Waals surface area contributed by atoms with Gasteiger partial charge in [0.2, 0.25) is 0 Å². The van der Waals surface area contributed by atoms with E-state index < -0.39 is 0 Å². The number of nitrogens with zero attached hydrogens (tertiary/aromatic N) is 2. The summed E-state index contributed by atoms with van der Waals surface area (Å²) in [4.78, 5) is 0. The first-order valence-corrected chi connectivity index (χ1v) is 2.87. The van der Waals surface area contributed by atoms with E-state index in [2.05, 4.69) is 5.10 Å². The van der Waals surface area contributed by atoms with Crippen molar-refractivity contribution in [1.29, 1.82) is 0 Å². The maximum atomic E-state index is 5.44. The molecular weight excluding hydrogens is 124 g/mol. The van der Waals surface area contributed by atoms with Crippen molar-refractivity contribution in [3.05, 3.63) is 18.0 Å². The molecule has 1 rings (SSSR count). The lowest BCUT2D eigenvalue weighted by atomic mass is 10.4. The van der Waals surface area contributed by atoms with Gasteiger partial charge in [-0.3, -0.25) is 0 Å². The van der Waals surface area contributed by atoms with Crippen LogP contribution >= 0.6 is 11.8 Å². The van der Waals surface area contributed by atoms with E-state index in [4.69, 9.17) is 11.8 Å². The second-order valence-corrected chi connectivity index (χ2v) is 1.90. The minimum Gasteiger partial charge on any atom is -0.180 e. The smallest absolute Gasteiger partial charge is 0.0636 e. The summed E-state index contributed by atoms with van der Waals surface area (Å²) in [6.07, 6.45) is 2.67. The van der Waals surface area contributed by atoms with Gasteiger partial charge in [-0.25, -0.2) is 0 Å². The molecule has 0 N–H and O–H groups in total. The lowest BCUT2D eigenvalue weighted by molar-refractivity contribution is 0.921. The molecule has 0 amide bonds. The molecule has 0 saturated heterocycles. The Morgan fingerprint density at radius 2 is 2.62 bits per heavy atom. The number of rotatable bonds is 1. The van der Waals surface area contributed by atoms with Crippen LogP contribution < -0.4 is 0 Å². The maximum absolute atomic E-state index is 5.44. The van der Waals surface area contributed by atoms with Gasteiger partial charge in [0.05, 0.1) is 5.69 Å². The normalized spacial score (nSPS) is 9.75. The summed E-state index contributed by atoms with van der Waals surface area (Å²) in [5, 5.41) is 3.91. The standard InChI is InChI=1S/C5H7ClN2/c1-2-5-3-4-8(6)7-5/h3-4H,2H2,1H3. The third-order valence-electron chi connectivity index (χ3n) is 0.976. The van der Waals surface area contributed by atoms with Crippen molar-refractivity contribution in [2.24, 2.45) is 0 Å². The second-order valence-electron chi connectivity index (χ2n) is 1.55. The molecule has 1 aromatic heterocycles. The van der Waals surface area contributed by atoms with Gasteiger partial charge >= 0.3 is 0 Å². The molecule has 0 bridgehead atoms. The molecule has 0 radical (unpaired) electrons. The van der Waals surface area contributed by atoms with Gasteiger partial charge < -0.3 is 0 Å². The van der Waals surface area contributed by atoms with Crippen molar-refractivity contribution in [3.63, 3.8) is 0 Å². The van der Waals surface area contributed by atoms with Crippen molar-refractivity contribution >= 4 is 11.8 Å². The Balaban J connectivity index is 2.84. The van der Waals surface area contributed by atoms with E-state index in [1.54, 1.807) is 6.20 Å². The number of aryl methyl sites for hydroxylation is 1. The highest BCUT2D eigenvalue weighted by atomic mass is 35.5. The Bertz CT molecular complexity index is 171. The zero-order valence-corrected chi connectivity index (χ0v) is 5.39. The third-order valence-corrected chi connectivity index (χ3v) is 1.16. The van der Waals surface area contributed by atoms with Crippen molar-refractivity contribution < 1.29 is 0 Å². The molecule has 0 aliphatic heterocycles. The first-order chi connectivity index (χ1) is 3.83. The van der Waals surface area contributed by atoms with Gasteiger partial charge in [0.1, 0.15) is 0 Å². The summed E-state index contributed by atoms with van der Waals surface area (Å²) in [6, 6.07) is 1.90. The molecule has 1 heterocycles.